The Morgan fingerprint density at radius 1 is 1.37 bits per heavy atom. The molecular formula is C16H26N2O. The lowest BCUT2D eigenvalue weighted by atomic mass is 9.94. The molecule has 1 fully saturated rings. The zero-order valence-corrected chi connectivity index (χ0v) is 11.9. The average Bonchev–Trinajstić information content (AvgIpc) is 2.47. The van der Waals surface area contributed by atoms with Crippen LogP contribution in [0.2, 0.25) is 0 Å². The SMILES string of the molecule is CC[C@@H](N)c1ccc(N2CCCC(CCO)C2)cc1. The van der Waals surface area contributed by atoms with Crippen LogP contribution in [0.25, 0.3) is 0 Å². The fraction of sp³-hybridized carbons (Fsp3) is 0.625. The highest BCUT2D eigenvalue weighted by atomic mass is 16.3. The van der Waals surface area contributed by atoms with E-state index in [0.29, 0.717) is 12.5 Å². The van der Waals surface area contributed by atoms with Crippen molar-refractivity contribution in [3.05, 3.63) is 29.8 Å². The standard InChI is InChI=1S/C16H26N2O/c1-2-16(17)14-5-7-15(8-6-14)18-10-3-4-13(12-18)9-11-19/h5-8,13,16,19H,2-4,9-12,17H2,1H3/t13?,16-/m1/s1. The van der Waals surface area contributed by atoms with E-state index in [1.165, 1.54) is 24.1 Å². The Labute approximate surface area is 116 Å². The van der Waals surface area contributed by atoms with E-state index in [0.717, 1.165) is 25.9 Å². The van der Waals surface area contributed by atoms with Crippen molar-refractivity contribution >= 4 is 5.69 Å². The fourth-order valence-electron chi connectivity index (χ4n) is 2.89. The molecule has 1 saturated heterocycles. The summed E-state index contributed by atoms with van der Waals surface area (Å²) in [4.78, 5) is 2.44. The molecule has 1 aromatic carbocycles. The third-order valence-electron chi connectivity index (χ3n) is 4.18. The highest BCUT2D eigenvalue weighted by Gasteiger charge is 2.19. The molecule has 0 bridgehead atoms. The Hall–Kier alpha value is -1.06. The van der Waals surface area contributed by atoms with Crippen molar-refractivity contribution in [3.63, 3.8) is 0 Å². The Kier molecular flexibility index (Phi) is 5.23. The molecule has 1 aromatic rings. The lowest BCUT2D eigenvalue weighted by Gasteiger charge is -2.34. The first-order valence-corrected chi connectivity index (χ1v) is 7.46. The summed E-state index contributed by atoms with van der Waals surface area (Å²) in [6, 6.07) is 8.83. The normalized spacial score (nSPS) is 21.4. The van der Waals surface area contributed by atoms with E-state index in [9.17, 15) is 0 Å². The second-order valence-corrected chi connectivity index (χ2v) is 5.57. The number of aliphatic hydroxyl groups is 1. The molecule has 0 aromatic heterocycles. The van der Waals surface area contributed by atoms with Crippen molar-refractivity contribution in [2.24, 2.45) is 11.7 Å². The van der Waals surface area contributed by atoms with E-state index in [2.05, 4.69) is 36.1 Å². The van der Waals surface area contributed by atoms with E-state index in [1.54, 1.807) is 0 Å². The molecule has 0 radical (unpaired) electrons. The Bertz CT molecular complexity index is 375. The number of hydrogen-bond donors (Lipinski definition) is 2. The summed E-state index contributed by atoms with van der Waals surface area (Å²) in [6.45, 7) is 4.62. The van der Waals surface area contributed by atoms with Crippen LogP contribution in [0.4, 0.5) is 5.69 Å². The summed E-state index contributed by atoms with van der Waals surface area (Å²) in [6.07, 6.45) is 4.37. The molecule has 0 saturated carbocycles. The van der Waals surface area contributed by atoms with Crippen LogP contribution in [0.15, 0.2) is 24.3 Å². The van der Waals surface area contributed by atoms with Crippen LogP contribution in [0.5, 0.6) is 0 Å². The third-order valence-corrected chi connectivity index (χ3v) is 4.18. The van der Waals surface area contributed by atoms with Crippen LogP contribution in [-0.4, -0.2) is 24.8 Å². The number of hydrogen-bond acceptors (Lipinski definition) is 3. The largest absolute Gasteiger partial charge is 0.396 e. The molecule has 1 aliphatic rings. The lowest BCUT2D eigenvalue weighted by Crippen LogP contribution is -2.35. The maximum absolute atomic E-state index is 9.07. The van der Waals surface area contributed by atoms with Crippen molar-refractivity contribution in [2.45, 2.75) is 38.6 Å². The molecule has 3 heteroatoms. The summed E-state index contributed by atoms with van der Waals surface area (Å²) in [5.74, 6) is 0.635. The summed E-state index contributed by atoms with van der Waals surface area (Å²) in [7, 11) is 0. The van der Waals surface area contributed by atoms with Gasteiger partial charge in [0.15, 0.2) is 0 Å². The molecule has 3 N–H and O–H groups in total. The summed E-state index contributed by atoms with van der Waals surface area (Å²) in [5, 5.41) is 9.07. The molecule has 1 heterocycles. The molecule has 1 aliphatic heterocycles. The third kappa shape index (κ3) is 3.71. The maximum Gasteiger partial charge on any atom is 0.0434 e. The number of benzene rings is 1. The van der Waals surface area contributed by atoms with Crippen LogP contribution in [0.3, 0.4) is 0 Å². The van der Waals surface area contributed by atoms with Crippen LogP contribution < -0.4 is 10.6 Å². The van der Waals surface area contributed by atoms with Gasteiger partial charge in [-0.1, -0.05) is 19.1 Å². The molecule has 106 valence electrons. The quantitative estimate of drug-likeness (QED) is 0.858. The number of piperidine rings is 1. The summed E-state index contributed by atoms with van der Waals surface area (Å²) < 4.78 is 0. The topological polar surface area (TPSA) is 49.5 Å². The number of aliphatic hydroxyl groups excluding tert-OH is 1. The van der Waals surface area contributed by atoms with Crippen LogP contribution in [0, 0.1) is 5.92 Å². The minimum absolute atomic E-state index is 0.151. The van der Waals surface area contributed by atoms with Gasteiger partial charge < -0.3 is 15.7 Å². The van der Waals surface area contributed by atoms with E-state index in [-0.39, 0.29) is 6.04 Å². The zero-order chi connectivity index (χ0) is 13.7. The number of anilines is 1. The lowest BCUT2D eigenvalue weighted by molar-refractivity contribution is 0.244. The molecule has 0 aliphatic carbocycles. The molecule has 0 spiro atoms. The number of nitrogens with zero attached hydrogens (tertiary/aromatic N) is 1. The van der Waals surface area contributed by atoms with Gasteiger partial charge in [-0.2, -0.15) is 0 Å². The minimum Gasteiger partial charge on any atom is -0.396 e. The van der Waals surface area contributed by atoms with Gasteiger partial charge in [0.2, 0.25) is 0 Å². The van der Waals surface area contributed by atoms with E-state index in [4.69, 9.17) is 10.8 Å². The van der Waals surface area contributed by atoms with Crippen molar-refractivity contribution in [1.29, 1.82) is 0 Å². The number of rotatable bonds is 5. The van der Waals surface area contributed by atoms with Crippen LogP contribution in [-0.2, 0) is 0 Å². The van der Waals surface area contributed by atoms with Gasteiger partial charge in [-0.25, -0.2) is 0 Å². The highest BCUT2D eigenvalue weighted by molar-refractivity contribution is 5.48. The van der Waals surface area contributed by atoms with Crippen molar-refractivity contribution < 1.29 is 5.11 Å². The maximum atomic E-state index is 9.07. The molecule has 2 rings (SSSR count). The Morgan fingerprint density at radius 3 is 2.74 bits per heavy atom. The fourth-order valence-corrected chi connectivity index (χ4v) is 2.89. The first kappa shape index (κ1) is 14.4. The van der Waals surface area contributed by atoms with Gasteiger partial charge in [0.05, 0.1) is 0 Å². The average molecular weight is 262 g/mol. The predicted molar refractivity (Wildman–Crippen MR) is 80.3 cm³/mol. The summed E-state index contributed by atoms with van der Waals surface area (Å²) >= 11 is 0. The molecule has 2 atom stereocenters. The van der Waals surface area contributed by atoms with Crippen LogP contribution >= 0.6 is 0 Å². The van der Waals surface area contributed by atoms with Crippen LogP contribution in [0.1, 0.15) is 44.2 Å². The monoisotopic (exact) mass is 262 g/mol. The smallest absolute Gasteiger partial charge is 0.0434 e. The molecular weight excluding hydrogens is 236 g/mol. The highest BCUT2D eigenvalue weighted by Crippen LogP contribution is 2.26. The van der Waals surface area contributed by atoms with Gasteiger partial charge >= 0.3 is 0 Å². The number of nitrogens with two attached hydrogens (primary N) is 1. The van der Waals surface area contributed by atoms with Crippen molar-refractivity contribution in [3.8, 4) is 0 Å². The zero-order valence-electron chi connectivity index (χ0n) is 11.9. The molecule has 19 heavy (non-hydrogen) atoms. The van der Waals surface area contributed by atoms with Gasteiger partial charge in [-0.15, -0.1) is 0 Å². The van der Waals surface area contributed by atoms with E-state index >= 15 is 0 Å². The Balaban J connectivity index is 2.01. The first-order chi connectivity index (χ1) is 9.24. The van der Waals surface area contributed by atoms with Crippen molar-refractivity contribution in [2.75, 3.05) is 24.6 Å². The first-order valence-electron chi connectivity index (χ1n) is 7.46. The second kappa shape index (κ2) is 6.92. The second-order valence-electron chi connectivity index (χ2n) is 5.57. The summed E-state index contributed by atoms with van der Waals surface area (Å²) in [5.41, 5.74) is 8.55. The Morgan fingerprint density at radius 2 is 2.11 bits per heavy atom. The molecule has 1 unspecified atom stereocenters. The van der Waals surface area contributed by atoms with Gasteiger partial charge in [0, 0.05) is 31.4 Å². The van der Waals surface area contributed by atoms with Gasteiger partial charge in [0.1, 0.15) is 0 Å². The van der Waals surface area contributed by atoms with E-state index < -0.39 is 0 Å². The molecule has 3 nitrogen and oxygen atoms in total. The van der Waals surface area contributed by atoms with Gasteiger partial charge in [-0.3, -0.25) is 0 Å². The molecule has 0 amide bonds. The van der Waals surface area contributed by atoms with Gasteiger partial charge in [-0.05, 0) is 49.3 Å². The van der Waals surface area contributed by atoms with Gasteiger partial charge in [0.25, 0.3) is 0 Å². The minimum atomic E-state index is 0.151. The van der Waals surface area contributed by atoms with Crippen molar-refractivity contribution in [1.82, 2.24) is 0 Å². The predicted octanol–water partition coefficient (Wildman–Crippen LogP) is 2.70. The van der Waals surface area contributed by atoms with E-state index in [1.807, 2.05) is 0 Å².